The Morgan fingerprint density at radius 2 is 1.92 bits per heavy atom. The number of anilines is 1. The molecule has 1 N–H and O–H groups in total. The van der Waals surface area contributed by atoms with E-state index in [2.05, 4.69) is 5.32 Å². The molecule has 25 heavy (non-hydrogen) atoms. The van der Waals surface area contributed by atoms with Gasteiger partial charge in [0.2, 0.25) is 5.91 Å². The molecule has 0 saturated heterocycles. The normalized spacial score (nSPS) is 13.4. The van der Waals surface area contributed by atoms with Gasteiger partial charge in [-0.25, -0.2) is 4.79 Å². The first kappa shape index (κ1) is 16.8. The van der Waals surface area contributed by atoms with Crippen molar-refractivity contribution in [2.24, 2.45) is 0 Å². The van der Waals surface area contributed by atoms with Crippen LogP contribution in [0, 0.1) is 0 Å². The summed E-state index contributed by atoms with van der Waals surface area (Å²) < 4.78 is 4.78. The SMILES string of the molecule is COC(=O)N1CCc2ccc(NC(=O)/C=C/c3ccccc3)cc2C1. The number of hydrogen-bond donors (Lipinski definition) is 1. The minimum absolute atomic E-state index is 0.190. The van der Waals surface area contributed by atoms with Gasteiger partial charge in [0.1, 0.15) is 0 Å². The fourth-order valence-electron chi connectivity index (χ4n) is 2.84. The first-order valence-corrected chi connectivity index (χ1v) is 8.14. The third kappa shape index (κ3) is 4.26. The van der Waals surface area contributed by atoms with Gasteiger partial charge < -0.3 is 15.0 Å². The molecule has 0 fully saturated rings. The Balaban J connectivity index is 1.67. The van der Waals surface area contributed by atoms with Crippen molar-refractivity contribution in [3.05, 3.63) is 71.3 Å². The van der Waals surface area contributed by atoms with Crippen LogP contribution in [0.15, 0.2) is 54.6 Å². The highest BCUT2D eigenvalue weighted by Crippen LogP contribution is 2.23. The number of carbonyl (C=O) groups excluding carboxylic acids is 2. The van der Waals surface area contributed by atoms with Crippen molar-refractivity contribution < 1.29 is 14.3 Å². The van der Waals surface area contributed by atoms with E-state index < -0.39 is 0 Å². The van der Waals surface area contributed by atoms with Crippen LogP contribution < -0.4 is 5.32 Å². The van der Waals surface area contributed by atoms with Crippen molar-refractivity contribution in [1.82, 2.24) is 4.90 Å². The second-order valence-corrected chi connectivity index (χ2v) is 5.86. The van der Waals surface area contributed by atoms with Gasteiger partial charge in [-0.1, -0.05) is 36.4 Å². The zero-order chi connectivity index (χ0) is 17.6. The molecule has 1 aliphatic heterocycles. The van der Waals surface area contributed by atoms with Crippen LogP contribution in [-0.4, -0.2) is 30.6 Å². The number of hydrogen-bond acceptors (Lipinski definition) is 3. The number of nitrogens with one attached hydrogen (secondary N) is 1. The number of amides is 2. The summed E-state index contributed by atoms with van der Waals surface area (Å²) in [4.78, 5) is 25.4. The van der Waals surface area contributed by atoms with Crippen molar-refractivity contribution in [1.29, 1.82) is 0 Å². The largest absolute Gasteiger partial charge is 0.453 e. The van der Waals surface area contributed by atoms with Gasteiger partial charge in [-0.3, -0.25) is 4.79 Å². The zero-order valence-corrected chi connectivity index (χ0v) is 14.1. The summed E-state index contributed by atoms with van der Waals surface area (Å²) >= 11 is 0. The fraction of sp³-hybridized carbons (Fsp3) is 0.200. The molecule has 1 aliphatic rings. The van der Waals surface area contributed by atoms with Gasteiger partial charge in [0.15, 0.2) is 0 Å². The van der Waals surface area contributed by atoms with Crippen LogP contribution in [0.1, 0.15) is 16.7 Å². The highest BCUT2D eigenvalue weighted by molar-refractivity contribution is 6.02. The average molecular weight is 336 g/mol. The number of rotatable bonds is 3. The van der Waals surface area contributed by atoms with E-state index in [0.29, 0.717) is 18.8 Å². The topological polar surface area (TPSA) is 58.6 Å². The molecular formula is C20H20N2O3. The number of fused-ring (bicyclic) bond motifs is 1. The van der Waals surface area contributed by atoms with Crippen molar-refractivity contribution in [2.75, 3.05) is 19.0 Å². The highest BCUT2D eigenvalue weighted by atomic mass is 16.5. The summed E-state index contributed by atoms with van der Waals surface area (Å²) in [5.41, 5.74) is 3.91. The standard InChI is InChI=1S/C20H20N2O3/c1-25-20(24)22-12-11-16-8-9-18(13-17(16)14-22)21-19(23)10-7-15-5-3-2-4-6-15/h2-10,13H,11-12,14H2,1H3,(H,21,23)/b10-7+. The molecule has 2 aromatic rings. The Morgan fingerprint density at radius 1 is 1.12 bits per heavy atom. The Labute approximate surface area is 146 Å². The number of carbonyl (C=O) groups is 2. The smallest absolute Gasteiger partial charge is 0.409 e. The summed E-state index contributed by atoms with van der Waals surface area (Å²) in [6.45, 7) is 1.14. The zero-order valence-electron chi connectivity index (χ0n) is 14.1. The first-order chi connectivity index (χ1) is 12.2. The minimum atomic E-state index is -0.328. The minimum Gasteiger partial charge on any atom is -0.453 e. The van der Waals surface area contributed by atoms with Gasteiger partial charge in [-0.2, -0.15) is 0 Å². The van der Waals surface area contributed by atoms with Gasteiger partial charge in [0.25, 0.3) is 0 Å². The van der Waals surface area contributed by atoms with Crippen LogP contribution >= 0.6 is 0 Å². The molecule has 0 bridgehead atoms. The van der Waals surface area contributed by atoms with E-state index in [0.717, 1.165) is 17.5 Å². The lowest BCUT2D eigenvalue weighted by Gasteiger charge is -2.28. The van der Waals surface area contributed by atoms with E-state index in [1.807, 2.05) is 48.5 Å². The van der Waals surface area contributed by atoms with Crippen LogP contribution in [0.5, 0.6) is 0 Å². The third-order valence-electron chi connectivity index (χ3n) is 4.15. The molecule has 0 unspecified atom stereocenters. The summed E-state index contributed by atoms with van der Waals surface area (Å²) in [6, 6.07) is 15.5. The second kappa shape index (κ2) is 7.66. The number of ether oxygens (including phenoxy) is 1. The third-order valence-corrected chi connectivity index (χ3v) is 4.15. The lowest BCUT2D eigenvalue weighted by Crippen LogP contribution is -2.35. The molecule has 3 rings (SSSR count). The van der Waals surface area contributed by atoms with Crippen LogP contribution in [0.2, 0.25) is 0 Å². The molecule has 128 valence electrons. The molecule has 2 amide bonds. The Kier molecular flexibility index (Phi) is 5.14. The van der Waals surface area contributed by atoms with Crippen molar-refractivity contribution in [3.8, 4) is 0 Å². The fourth-order valence-corrected chi connectivity index (χ4v) is 2.84. The van der Waals surface area contributed by atoms with Crippen LogP contribution in [0.4, 0.5) is 10.5 Å². The first-order valence-electron chi connectivity index (χ1n) is 8.14. The predicted octanol–water partition coefficient (Wildman–Crippen LogP) is 3.46. The van der Waals surface area contributed by atoms with Gasteiger partial charge >= 0.3 is 6.09 Å². The van der Waals surface area contributed by atoms with E-state index in [1.54, 1.807) is 11.0 Å². The summed E-state index contributed by atoms with van der Waals surface area (Å²) in [5, 5.41) is 2.86. The molecule has 1 heterocycles. The molecule has 0 saturated carbocycles. The van der Waals surface area contributed by atoms with Crippen molar-refractivity contribution in [2.45, 2.75) is 13.0 Å². The molecule has 2 aromatic carbocycles. The monoisotopic (exact) mass is 336 g/mol. The molecule has 0 aliphatic carbocycles. The van der Waals surface area contributed by atoms with E-state index >= 15 is 0 Å². The second-order valence-electron chi connectivity index (χ2n) is 5.86. The molecular weight excluding hydrogens is 316 g/mol. The Bertz CT molecular complexity index is 800. The molecule has 0 radical (unpaired) electrons. The predicted molar refractivity (Wildman–Crippen MR) is 97.1 cm³/mol. The summed E-state index contributed by atoms with van der Waals surface area (Å²) in [7, 11) is 1.38. The van der Waals surface area contributed by atoms with Crippen LogP contribution in [-0.2, 0) is 22.5 Å². The van der Waals surface area contributed by atoms with E-state index in [1.165, 1.54) is 18.7 Å². The van der Waals surface area contributed by atoms with Crippen molar-refractivity contribution >= 4 is 23.8 Å². The van der Waals surface area contributed by atoms with Gasteiger partial charge in [-0.15, -0.1) is 0 Å². The van der Waals surface area contributed by atoms with Gasteiger partial charge in [-0.05, 0) is 41.3 Å². The maximum Gasteiger partial charge on any atom is 0.409 e. The number of nitrogens with zero attached hydrogens (tertiary/aromatic N) is 1. The Hall–Kier alpha value is -3.08. The lowest BCUT2D eigenvalue weighted by atomic mass is 9.99. The lowest BCUT2D eigenvalue weighted by molar-refractivity contribution is -0.111. The van der Waals surface area contributed by atoms with E-state index in [-0.39, 0.29) is 12.0 Å². The molecule has 0 aromatic heterocycles. The van der Waals surface area contributed by atoms with E-state index in [4.69, 9.17) is 4.74 Å². The summed E-state index contributed by atoms with van der Waals surface area (Å²) in [6.07, 6.45) is 3.74. The van der Waals surface area contributed by atoms with Crippen LogP contribution in [0.25, 0.3) is 6.08 Å². The van der Waals surface area contributed by atoms with Crippen LogP contribution in [0.3, 0.4) is 0 Å². The number of benzene rings is 2. The van der Waals surface area contributed by atoms with Gasteiger partial charge in [0, 0.05) is 24.9 Å². The average Bonchev–Trinajstić information content (AvgIpc) is 2.66. The van der Waals surface area contributed by atoms with Gasteiger partial charge in [0.05, 0.1) is 7.11 Å². The van der Waals surface area contributed by atoms with Crippen molar-refractivity contribution in [3.63, 3.8) is 0 Å². The molecule has 0 spiro atoms. The number of methoxy groups -OCH3 is 1. The maximum atomic E-state index is 12.1. The quantitative estimate of drug-likeness (QED) is 0.873. The molecule has 5 nitrogen and oxygen atoms in total. The van der Waals surface area contributed by atoms with E-state index in [9.17, 15) is 9.59 Å². The Morgan fingerprint density at radius 3 is 2.68 bits per heavy atom. The molecule has 0 atom stereocenters. The highest BCUT2D eigenvalue weighted by Gasteiger charge is 2.21. The summed E-state index contributed by atoms with van der Waals surface area (Å²) in [5.74, 6) is -0.190. The maximum absolute atomic E-state index is 12.1. The molecule has 5 heteroatoms.